The van der Waals surface area contributed by atoms with Crippen LogP contribution in [0.3, 0.4) is 0 Å². The van der Waals surface area contributed by atoms with Crippen LogP contribution in [0.1, 0.15) is 23.5 Å². The highest BCUT2D eigenvalue weighted by atomic mass is 19.3. The van der Waals surface area contributed by atoms with E-state index >= 15 is 0 Å². The molecule has 0 bridgehead atoms. The van der Waals surface area contributed by atoms with E-state index in [1.807, 2.05) is 0 Å². The first-order valence-corrected chi connectivity index (χ1v) is 7.80. The lowest BCUT2D eigenvalue weighted by Gasteiger charge is -2.22. The number of hydrogen-bond acceptors (Lipinski definition) is 4. The van der Waals surface area contributed by atoms with Gasteiger partial charge in [-0.2, -0.15) is 14.0 Å². The molecule has 2 N–H and O–H groups in total. The third-order valence-corrected chi connectivity index (χ3v) is 3.82. The molecule has 27 heavy (non-hydrogen) atoms. The van der Waals surface area contributed by atoms with Gasteiger partial charge in [0.25, 0.3) is 5.91 Å². The van der Waals surface area contributed by atoms with Gasteiger partial charge in [0.1, 0.15) is 18.8 Å². The number of aromatic nitrogens is 1. The number of benzene rings is 1. The number of alkyl halides is 4. The van der Waals surface area contributed by atoms with E-state index < -0.39 is 37.3 Å². The lowest BCUT2D eigenvalue weighted by atomic mass is 9.99. The molecule has 0 saturated heterocycles. The Balaban J connectivity index is 2.14. The molecule has 2 rings (SSSR count). The Bertz CT molecular complexity index is 807. The van der Waals surface area contributed by atoms with Crippen molar-refractivity contribution in [2.24, 2.45) is 0 Å². The molecular weight excluding hydrogens is 366 g/mol. The van der Waals surface area contributed by atoms with Crippen LogP contribution in [-0.2, 0) is 4.79 Å². The van der Waals surface area contributed by atoms with E-state index in [1.165, 1.54) is 30.5 Å². The zero-order valence-electron chi connectivity index (χ0n) is 13.8. The quantitative estimate of drug-likeness (QED) is 0.722. The predicted molar refractivity (Wildman–Crippen MR) is 88.0 cm³/mol. The van der Waals surface area contributed by atoms with Crippen molar-refractivity contribution in [2.45, 2.75) is 24.7 Å². The lowest BCUT2D eigenvalue weighted by molar-refractivity contribution is -0.133. The second-order valence-corrected chi connectivity index (χ2v) is 5.60. The molecule has 3 atom stereocenters. The normalized spacial score (nSPS) is 14.3. The smallest absolute Gasteiger partial charge is 0.315 e. The van der Waals surface area contributed by atoms with Gasteiger partial charge in [0.15, 0.2) is 0 Å². The molecule has 1 aromatic carbocycles. The number of aliphatic hydroxyl groups is 1. The van der Waals surface area contributed by atoms with E-state index in [0.29, 0.717) is 11.1 Å². The highest BCUT2D eigenvalue weighted by Crippen LogP contribution is 2.24. The summed E-state index contributed by atoms with van der Waals surface area (Å²) < 4.78 is 50.8. The molecule has 0 aliphatic rings. The van der Waals surface area contributed by atoms with E-state index in [-0.39, 0.29) is 11.3 Å². The molecule has 2 aromatic rings. The van der Waals surface area contributed by atoms with Crippen molar-refractivity contribution in [1.82, 2.24) is 10.3 Å². The molecule has 1 aromatic heterocycles. The molecule has 9 heteroatoms. The summed E-state index contributed by atoms with van der Waals surface area (Å²) in [7, 11) is 0. The summed E-state index contributed by atoms with van der Waals surface area (Å²) in [6.45, 7) is -1.23. The average molecular weight is 381 g/mol. The minimum absolute atomic E-state index is 0.0196. The first-order valence-electron chi connectivity index (χ1n) is 7.80. The molecule has 0 aliphatic carbocycles. The van der Waals surface area contributed by atoms with Gasteiger partial charge in [0.2, 0.25) is 6.17 Å². The van der Waals surface area contributed by atoms with E-state index in [1.54, 1.807) is 23.5 Å². The maximum atomic E-state index is 13.2. The van der Waals surface area contributed by atoms with Crippen LogP contribution in [0.25, 0.3) is 11.1 Å². The number of halogens is 4. The number of nitriles is 1. The molecule has 0 spiro atoms. The Morgan fingerprint density at radius 1 is 1.15 bits per heavy atom. The van der Waals surface area contributed by atoms with Gasteiger partial charge in [-0.15, -0.1) is 0 Å². The zero-order valence-corrected chi connectivity index (χ0v) is 13.8. The van der Waals surface area contributed by atoms with Gasteiger partial charge in [-0.05, 0) is 17.2 Å². The monoisotopic (exact) mass is 381 g/mol. The van der Waals surface area contributed by atoms with E-state index in [2.05, 4.69) is 4.98 Å². The van der Waals surface area contributed by atoms with Gasteiger partial charge in [-0.25, -0.2) is 8.78 Å². The van der Waals surface area contributed by atoms with Gasteiger partial charge < -0.3 is 10.4 Å². The number of carbonyl (C=O) groups is 1. The third kappa shape index (κ3) is 5.01. The molecule has 1 unspecified atom stereocenters. The van der Waals surface area contributed by atoms with Gasteiger partial charge >= 0.3 is 6.43 Å². The highest BCUT2D eigenvalue weighted by molar-refractivity contribution is 5.79. The Morgan fingerprint density at radius 2 is 1.78 bits per heavy atom. The second-order valence-electron chi connectivity index (χ2n) is 5.60. The van der Waals surface area contributed by atoms with Crippen LogP contribution in [0.15, 0.2) is 42.6 Å². The minimum Gasteiger partial charge on any atom is -0.386 e. The van der Waals surface area contributed by atoms with Crippen molar-refractivity contribution < 1.29 is 27.5 Å². The summed E-state index contributed by atoms with van der Waals surface area (Å²) in [5.41, 5.74) is 1.45. The molecule has 0 aliphatic heterocycles. The van der Waals surface area contributed by atoms with Crippen LogP contribution in [0.2, 0.25) is 0 Å². The van der Waals surface area contributed by atoms with Gasteiger partial charge in [-0.3, -0.25) is 9.78 Å². The zero-order chi connectivity index (χ0) is 20.0. The first kappa shape index (κ1) is 20.3. The van der Waals surface area contributed by atoms with Crippen molar-refractivity contribution in [3.63, 3.8) is 0 Å². The highest BCUT2D eigenvalue weighted by Gasteiger charge is 2.26. The van der Waals surface area contributed by atoms with Crippen LogP contribution in [0.4, 0.5) is 17.6 Å². The van der Waals surface area contributed by atoms with E-state index in [9.17, 15) is 27.5 Å². The standard InChI is InChI=1S/C18H15F4N3O2/c19-7-15(25-18(27)17(21)22)16(26)11-3-1-10(2-4-11)12-5-6-14(24-9-12)13(20)8-23/h1-6,9,13,15-17,26H,7H2,(H,25,27)/t13?,15-,16+/m1/s1. The van der Waals surface area contributed by atoms with Crippen molar-refractivity contribution >= 4 is 5.91 Å². The van der Waals surface area contributed by atoms with Crippen LogP contribution in [-0.4, -0.2) is 35.1 Å². The maximum absolute atomic E-state index is 13.2. The van der Waals surface area contributed by atoms with Crippen molar-refractivity contribution in [1.29, 1.82) is 5.26 Å². The van der Waals surface area contributed by atoms with E-state index in [0.717, 1.165) is 0 Å². The molecule has 0 radical (unpaired) electrons. The van der Waals surface area contributed by atoms with Crippen LogP contribution in [0, 0.1) is 11.3 Å². The van der Waals surface area contributed by atoms with Crippen molar-refractivity contribution in [3.8, 4) is 17.2 Å². The Hall–Kier alpha value is -2.99. The van der Waals surface area contributed by atoms with Gasteiger partial charge in [-0.1, -0.05) is 30.3 Å². The molecule has 0 fully saturated rings. The topological polar surface area (TPSA) is 86.0 Å². The number of aliphatic hydroxyl groups excluding tert-OH is 1. The predicted octanol–water partition coefficient (Wildman–Crippen LogP) is 3.04. The molecule has 1 heterocycles. The minimum atomic E-state index is -3.31. The number of nitrogens with zero attached hydrogens (tertiary/aromatic N) is 2. The SMILES string of the molecule is N#CC(F)c1ccc(-c2ccc([C@H](O)[C@@H](CF)NC(=O)C(F)F)cc2)cn1. The maximum Gasteiger partial charge on any atom is 0.315 e. The fraction of sp³-hybridized carbons (Fsp3) is 0.278. The Labute approximate surface area is 152 Å². The van der Waals surface area contributed by atoms with Crippen molar-refractivity contribution in [3.05, 3.63) is 53.9 Å². The number of rotatable bonds is 7. The molecule has 1 amide bonds. The molecule has 0 saturated carbocycles. The third-order valence-electron chi connectivity index (χ3n) is 3.82. The summed E-state index contributed by atoms with van der Waals surface area (Å²) in [6.07, 6.45) is -5.28. The lowest BCUT2D eigenvalue weighted by Crippen LogP contribution is -2.43. The summed E-state index contributed by atoms with van der Waals surface area (Å²) in [5, 5.41) is 20.4. The van der Waals surface area contributed by atoms with Gasteiger partial charge in [0.05, 0.1) is 11.7 Å². The average Bonchev–Trinajstić information content (AvgIpc) is 2.70. The summed E-state index contributed by atoms with van der Waals surface area (Å²) >= 11 is 0. The first-order chi connectivity index (χ1) is 12.9. The summed E-state index contributed by atoms with van der Waals surface area (Å²) in [6, 6.07) is 8.87. The van der Waals surface area contributed by atoms with Crippen LogP contribution in [0.5, 0.6) is 0 Å². The number of hydrogen-bond donors (Lipinski definition) is 2. The second kappa shape index (κ2) is 9.09. The van der Waals surface area contributed by atoms with Crippen molar-refractivity contribution in [2.75, 3.05) is 6.67 Å². The number of pyridine rings is 1. The number of nitrogens with one attached hydrogen (secondary N) is 1. The Kier molecular flexibility index (Phi) is 6.85. The molecule has 142 valence electrons. The molecule has 5 nitrogen and oxygen atoms in total. The largest absolute Gasteiger partial charge is 0.386 e. The fourth-order valence-electron chi connectivity index (χ4n) is 2.34. The summed E-state index contributed by atoms with van der Waals surface area (Å²) in [4.78, 5) is 14.9. The number of amides is 1. The summed E-state index contributed by atoms with van der Waals surface area (Å²) in [5.74, 6) is -1.66. The van der Waals surface area contributed by atoms with Crippen LogP contribution >= 0.6 is 0 Å². The molecular formula is C18H15F4N3O2. The fourth-order valence-corrected chi connectivity index (χ4v) is 2.34. The van der Waals surface area contributed by atoms with Gasteiger partial charge in [0, 0.05) is 11.8 Å². The van der Waals surface area contributed by atoms with Crippen LogP contribution < -0.4 is 5.32 Å². The Morgan fingerprint density at radius 3 is 2.26 bits per heavy atom. The van der Waals surface area contributed by atoms with E-state index in [4.69, 9.17) is 5.26 Å². The number of carbonyl (C=O) groups excluding carboxylic acids is 1.